The van der Waals surface area contributed by atoms with Crippen molar-refractivity contribution >= 4 is 27.5 Å². The monoisotopic (exact) mass is 279 g/mol. The molecule has 4 nitrogen and oxygen atoms in total. The summed E-state index contributed by atoms with van der Waals surface area (Å²) in [6.07, 6.45) is 3.54. The number of hydrogen-bond acceptors (Lipinski definition) is 3. The van der Waals surface area contributed by atoms with Gasteiger partial charge in [-0.15, -0.1) is 0 Å². The zero-order valence-corrected chi connectivity index (χ0v) is 12.5. The third-order valence-corrected chi connectivity index (χ3v) is 4.86. The first-order chi connectivity index (χ1) is 9.02. The van der Waals surface area contributed by atoms with Gasteiger partial charge < -0.3 is 10.3 Å². The lowest BCUT2D eigenvalue weighted by Crippen LogP contribution is -2.14. The number of nitrogens with two attached hydrogens (primary N) is 1. The number of aryl methyl sites for hydroxylation is 2. The van der Waals surface area contributed by atoms with Gasteiger partial charge in [0.1, 0.15) is 5.82 Å². The van der Waals surface area contributed by atoms with Crippen LogP contribution in [0, 0.1) is 0 Å². The van der Waals surface area contributed by atoms with Crippen LogP contribution in [0.15, 0.2) is 18.2 Å². The van der Waals surface area contributed by atoms with E-state index in [0.29, 0.717) is 0 Å². The van der Waals surface area contributed by atoms with E-state index in [1.54, 1.807) is 6.26 Å². The van der Waals surface area contributed by atoms with Gasteiger partial charge in [-0.2, -0.15) is 0 Å². The van der Waals surface area contributed by atoms with E-state index in [1.165, 1.54) is 0 Å². The van der Waals surface area contributed by atoms with Crippen LogP contribution in [0.2, 0.25) is 0 Å². The summed E-state index contributed by atoms with van der Waals surface area (Å²) in [5, 5.41) is 0.205. The van der Waals surface area contributed by atoms with Gasteiger partial charge in [0.15, 0.2) is 0 Å². The SMILES string of the molecule is CCc1nc2cc(N)ccc2n1CCC(C)S(C)=O. The minimum atomic E-state index is -0.772. The van der Waals surface area contributed by atoms with Crippen molar-refractivity contribution in [2.75, 3.05) is 12.0 Å². The maximum Gasteiger partial charge on any atom is 0.109 e. The minimum absolute atomic E-state index is 0.205. The van der Waals surface area contributed by atoms with Gasteiger partial charge in [0.2, 0.25) is 0 Å². The molecule has 0 amide bonds. The maximum atomic E-state index is 11.4. The van der Waals surface area contributed by atoms with Crippen LogP contribution in [0.25, 0.3) is 11.0 Å². The number of rotatable bonds is 5. The number of anilines is 1. The molecule has 2 unspecified atom stereocenters. The molecule has 1 heterocycles. The fourth-order valence-corrected chi connectivity index (χ4v) is 2.63. The van der Waals surface area contributed by atoms with Crippen molar-refractivity contribution in [1.82, 2.24) is 9.55 Å². The lowest BCUT2D eigenvalue weighted by atomic mass is 10.2. The van der Waals surface area contributed by atoms with Gasteiger partial charge in [-0.1, -0.05) is 13.8 Å². The maximum absolute atomic E-state index is 11.4. The van der Waals surface area contributed by atoms with Crippen LogP contribution in [0.1, 0.15) is 26.1 Å². The Labute approximate surface area is 116 Å². The predicted molar refractivity (Wildman–Crippen MR) is 81.7 cm³/mol. The molecule has 0 aliphatic carbocycles. The second kappa shape index (κ2) is 5.74. The molecule has 19 heavy (non-hydrogen) atoms. The van der Waals surface area contributed by atoms with Crippen molar-refractivity contribution in [2.24, 2.45) is 0 Å². The molecular weight excluding hydrogens is 258 g/mol. The molecule has 2 rings (SSSR count). The molecule has 2 aromatic rings. The largest absolute Gasteiger partial charge is 0.399 e. The Kier molecular flexibility index (Phi) is 4.24. The van der Waals surface area contributed by atoms with E-state index < -0.39 is 10.8 Å². The van der Waals surface area contributed by atoms with Crippen molar-refractivity contribution in [2.45, 2.75) is 38.5 Å². The number of nitrogen functional groups attached to an aromatic ring is 1. The second-order valence-electron chi connectivity index (χ2n) is 4.88. The average Bonchev–Trinajstić information content (AvgIpc) is 2.72. The van der Waals surface area contributed by atoms with Crippen LogP contribution in [-0.4, -0.2) is 25.3 Å². The van der Waals surface area contributed by atoms with E-state index in [2.05, 4.69) is 16.5 Å². The van der Waals surface area contributed by atoms with E-state index in [1.807, 2.05) is 25.1 Å². The Bertz CT molecular complexity index is 606. The minimum Gasteiger partial charge on any atom is -0.399 e. The Morgan fingerprint density at radius 2 is 2.21 bits per heavy atom. The standard InChI is InChI=1S/C14H21N3OS/c1-4-14-16-12-9-11(15)5-6-13(12)17(14)8-7-10(2)19(3)18/h5-6,9-10H,4,7-8,15H2,1-3H3. The summed E-state index contributed by atoms with van der Waals surface area (Å²) in [5.74, 6) is 1.06. The van der Waals surface area contributed by atoms with Crippen molar-refractivity contribution in [3.8, 4) is 0 Å². The van der Waals surface area contributed by atoms with Gasteiger partial charge in [-0.3, -0.25) is 4.21 Å². The van der Waals surface area contributed by atoms with Crippen LogP contribution in [0.4, 0.5) is 5.69 Å². The van der Waals surface area contributed by atoms with Crippen molar-refractivity contribution < 1.29 is 4.21 Å². The normalized spacial score (nSPS) is 14.7. The first-order valence-corrected chi connectivity index (χ1v) is 8.22. The highest BCUT2D eigenvalue weighted by Crippen LogP contribution is 2.20. The van der Waals surface area contributed by atoms with Gasteiger partial charge >= 0.3 is 0 Å². The van der Waals surface area contributed by atoms with Gasteiger partial charge in [0.05, 0.1) is 11.0 Å². The van der Waals surface area contributed by atoms with Crippen LogP contribution < -0.4 is 5.73 Å². The van der Waals surface area contributed by atoms with Crippen LogP contribution in [0.3, 0.4) is 0 Å². The number of benzene rings is 1. The van der Waals surface area contributed by atoms with Crippen molar-refractivity contribution in [1.29, 1.82) is 0 Å². The summed E-state index contributed by atoms with van der Waals surface area (Å²) >= 11 is 0. The number of aromatic nitrogens is 2. The number of fused-ring (bicyclic) bond motifs is 1. The Hall–Kier alpha value is -1.36. The highest BCUT2D eigenvalue weighted by molar-refractivity contribution is 7.84. The molecule has 2 N–H and O–H groups in total. The summed E-state index contributed by atoms with van der Waals surface area (Å²) in [4.78, 5) is 4.62. The molecule has 0 bridgehead atoms. The highest BCUT2D eigenvalue weighted by atomic mass is 32.2. The van der Waals surface area contributed by atoms with E-state index >= 15 is 0 Å². The third kappa shape index (κ3) is 2.97. The molecule has 1 aromatic carbocycles. The fraction of sp³-hybridized carbons (Fsp3) is 0.500. The van der Waals surface area contributed by atoms with Crippen LogP contribution >= 0.6 is 0 Å². The van der Waals surface area contributed by atoms with Gasteiger partial charge in [-0.25, -0.2) is 4.98 Å². The lowest BCUT2D eigenvalue weighted by molar-refractivity contribution is 0.611. The Morgan fingerprint density at radius 3 is 2.84 bits per heavy atom. The van der Waals surface area contributed by atoms with Gasteiger partial charge in [0.25, 0.3) is 0 Å². The molecule has 0 saturated carbocycles. The lowest BCUT2D eigenvalue weighted by Gasteiger charge is -2.11. The Morgan fingerprint density at radius 1 is 1.47 bits per heavy atom. The highest BCUT2D eigenvalue weighted by Gasteiger charge is 2.12. The Balaban J connectivity index is 2.32. The summed E-state index contributed by atoms with van der Waals surface area (Å²) in [7, 11) is -0.772. The summed E-state index contributed by atoms with van der Waals surface area (Å²) in [5.41, 5.74) is 8.59. The smallest absolute Gasteiger partial charge is 0.109 e. The number of hydrogen-bond donors (Lipinski definition) is 1. The average molecular weight is 279 g/mol. The van der Waals surface area contributed by atoms with E-state index in [-0.39, 0.29) is 5.25 Å². The van der Waals surface area contributed by atoms with Gasteiger partial charge in [0, 0.05) is 41.0 Å². The molecule has 0 spiro atoms. The molecule has 1 aromatic heterocycles. The van der Waals surface area contributed by atoms with Crippen LogP contribution in [0.5, 0.6) is 0 Å². The zero-order chi connectivity index (χ0) is 14.0. The number of imidazole rings is 1. The quantitative estimate of drug-likeness (QED) is 0.855. The topological polar surface area (TPSA) is 60.9 Å². The first-order valence-electron chi connectivity index (χ1n) is 6.59. The molecular formula is C14H21N3OS. The molecule has 0 aliphatic rings. The zero-order valence-electron chi connectivity index (χ0n) is 11.7. The van der Waals surface area contributed by atoms with Gasteiger partial charge in [-0.05, 0) is 24.6 Å². The summed E-state index contributed by atoms with van der Waals surface area (Å²) in [6, 6.07) is 5.83. The molecule has 2 atom stereocenters. The van der Waals surface area contributed by atoms with Crippen LogP contribution in [-0.2, 0) is 23.8 Å². The molecule has 0 aliphatic heterocycles. The fourth-order valence-electron chi connectivity index (χ4n) is 2.19. The van der Waals surface area contributed by atoms with E-state index in [0.717, 1.165) is 41.9 Å². The van der Waals surface area contributed by atoms with E-state index in [4.69, 9.17) is 5.73 Å². The predicted octanol–water partition coefficient (Wildman–Crippen LogP) is 2.34. The summed E-state index contributed by atoms with van der Waals surface area (Å²) in [6.45, 7) is 4.98. The molecule has 0 saturated heterocycles. The first kappa shape index (κ1) is 14.1. The van der Waals surface area contributed by atoms with Crippen molar-refractivity contribution in [3.63, 3.8) is 0 Å². The molecule has 0 radical (unpaired) electrons. The van der Waals surface area contributed by atoms with Crippen molar-refractivity contribution in [3.05, 3.63) is 24.0 Å². The molecule has 104 valence electrons. The second-order valence-corrected chi connectivity index (χ2v) is 6.68. The third-order valence-electron chi connectivity index (χ3n) is 3.49. The number of nitrogens with zero attached hydrogens (tertiary/aromatic N) is 2. The molecule has 5 heteroatoms. The summed E-state index contributed by atoms with van der Waals surface area (Å²) < 4.78 is 13.7. The molecule has 0 fully saturated rings. The van der Waals surface area contributed by atoms with E-state index in [9.17, 15) is 4.21 Å².